The number of aliphatic hydroxyl groups excluding tert-OH is 1. The molecule has 0 aromatic rings. The van der Waals surface area contributed by atoms with Crippen molar-refractivity contribution in [2.24, 2.45) is 0 Å². The molecular formula is C49H102NO+. The van der Waals surface area contributed by atoms with Crippen LogP contribution in [0.2, 0.25) is 0 Å². The Kier molecular flexibility index (Phi) is 44.2. The molecule has 0 unspecified atom stereocenters. The number of unbranched alkanes of at least 4 members (excludes halogenated alkanes) is 41. The predicted octanol–water partition coefficient (Wildman–Crippen LogP) is 16.8. The van der Waals surface area contributed by atoms with Crippen molar-refractivity contribution in [1.29, 1.82) is 0 Å². The molecule has 0 aliphatic rings. The predicted molar refractivity (Wildman–Crippen MR) is 233 cm³/mol. The molecule has 0 atom stereocenters. The molecule has 0 saturated heterocycles. The molecule has 0 aliphatic carbocycles. The number of hydrogen-bond acceptors (Lipinski definition) is 1. The summed E-state index contributed by atoms with van der Waals surface area (Å²) >= 11 is 0. The molecular weight excluding hydrogens is 619 g/mol. The van der Waals surface area contributed by atoms with E-state index in [1.54, 1.807) is 0 Å². The van der Waals surface area contributed by atoms with Gasteiger partial charge in [-0.2, -0.15) is 0 Å². The van der Waals surface area contributed by atoms with Gasteiger partial charge in [0.15, 0.2) is 0 Å². The Balaban J connectivity index is 3.23. The van der Waals surface area contributed by atoms with Crippen LogP contribution in [0.5, 0.6) is 0 Å². The maximum atomic E-state index is 8.82. The fourth-order valence-corrected chi connectivity index (χ4v) is 8.27. The number of rotatable bonds is 46. The van der Waals surface area contributed by atoms with Crippen LogP contribution in [-0.2, 0) is 0 Å². The van der Waals surface area contributed by atoms with E-state index in [-0.39, 0.29) is 0 Å². The van der Waals surface area contributed by atoms with E-state index in [2.05, 4.69) is 21.0 Å². The number of hydrogen-bond donors (Lipinski definition) is 1. The Morgan fingerprint density at radius 1 is 0.235 bits per heavy atom. The molecule has 2 heteroatoms. The Bertz CT molecular complexity index is 603. The van der Waals surface area contributed by atoms with Crippen molar-refractivity contribution < 1.29 is 9.59 Å². The normalized spacial score (nSPS) is 12.0. The standard InChI is InChI=1S/C49H102NO/c1-4-5-6-7-8-9-10-11-12-13-14-20-23-26-29-32-35-38-41-44-47-50(2,3)48-45-42-39-36-33-30-27-24-21-18-16-15-17-19-22-25-28-31-34-37-40-43-46-49-51/h51H,4-49H2,1-3H3/q+1. The van der Waals surface area contributed by atoms with E-state index in [0.717, 1.165) is 6.42 Å². The van der Waals surface area contributed by atoms with Crippen LogP contribution in [0.25, 0.3) is 0 Å². The van der Waals surface area contributed by atoms with Crippen molar-refractivity contribution in [1.82, 2.24) is 0 Å². The summed E-state index contributed by atoms with van der Waals surface area (Å²) in [6, 6.07) is 0. The summed E-state index contributed by atoms with van der Waals surface area (Å²) in [6.45, 7) is 5.45. The first kappa shape index (κ1) is 50.9. The highest BCUT2D eigenvalue weighted by Gasteiger charge is 2.13. The lowest BCUT2D eigenvalue weighted by molar-refractivity contribution is -0.890. The van der Waals surface area contributed by atoms with Crippen LogP contribution in [0.15, 0.2) is 0 Å². The Labute approximate surface area is 325 Å². The lowest BCUT2D eigenvalue weighted by atomic mass is 10.0. The van der Waals surface area contributed by atoms with Gasteiger partial charge in [0.05, 0.1) is 27.2 Å². The van der Waals surface area contributed by atoms with Gasteiger partial charge >= 0.3 is 0 Å². The Morgan fingerprint density at radius 3 is 0.569 bits per heavy atom. The highest BCUT2D eigenvalue weighted by Crippen LogP contribution is 2.18. The molecule has 51 heavy (non-hydrogen) atoms. The summed E-state index contributed by atoms with van der Waals surface area (Å²) in [4.78, 5) is 0. The topological polar surface area (TPSA) is 20.2 Å². The van der Waals surface area contributed by atoms with Gasteiger partial charge in [0, 0.05) is 6.61 Å². The molecule has 0 spiro atoms. The van der Waals surface area contributed by atoms with Gasteiger partial charge in [-0.15, -0.1) is 0 Å². The summed E-state index contributed by atoms with van der Waals surface area (Å²) < 4.78 is 1.24. The van der Waals surface area contributed by atoms with Gasteiger partial charge in [0.1, 0.15) is 0 Å². The van der Waals surface area contributed by atoms with Crippen LogP contribution in [-0.4, -0.2) is 43.4 Å². The third-order valence-electron chi connectivity index (χ3n) is 12.0. The molecule has 308 valence electrons. The molecule has 1 N–H and O–H groups in total. The lowest BCUT2D eigenvalue weighted by Crippen LogP contribution is -2.41. The van der Waals surface area contributed by atoms with E-state index in [1.807, 2.05) is 0 Å². The molecule has 0 aromatic carbocycles. The largest absolute Gasteiger partial charge is 0.396 e. The summed E-state index contributed by atoms with van der Waals surface area (Å²) in [5.74, 6) is 0. The average Bonchev–Trinajstić information content (AvgIpc) is 3.12. The van der Waals surface area contributed by atoms with Crippen LogP contribution < -0.4 is 0 Å². The summed E-state index contributed by atoms with van der Waals surface area (Å²) in [5.41, 5.74) is 0. The maximum Gasteiger partial charge on any atom is 0.0782 e. The van der Waals surface area contributed by atoms with Crippen molar-refractivity contribution >= 4 is 0 Å². The maximum absolute atomic E-state index is 8.82. The van der Waals surface area contributed by atoms with Gasteiger partial charge < -0.3 is 9.59 Å². The third-order valence-corrected chi connectivity index (χ3v) is 12.0. The molecule has 0 rings (SSSR count). The first-order valence-electron chi connectivity index (χ1n) is 24.6. The number of nitrogens with zero attached hydrogens (tertiary/aromatic N) is 1. The Hall–Kier alpha value is -0.0800. The second kappa shape index (κ2) is 44.3. The minimum absolute atomic E-state index is 0.373. The van der Waals surface area contributed by atoms with Gasteiger partial charge in [0.25, 0.3) is 0 Å². The quantitative estimate of drug-likeness (QED) is 0.0490. The first-order valence-corrected chi connectivity index (χ1v) is 24.6. The van der Waals surface area contributed by atoms with Crippen molar-refractivity contribution in [3.05, 3.63) is 0 Å². The molecule has 0 bridgehead atoms. The fraction of sp³-hybridized carbons (Fsp3) is 1.00. The zero-order chi connectivity index (χ0) is 37.0. The van der Waals surface area contributed by atoms with Gasteiger partial charge in [-0.05, 0) is 32.1 Å². The summed E-state index contributed by atoms with van der Waals surface area (Å²) in [7, 11) is 4.95. The number of quaternary nitrogens is 1. The Morgan fingerprint density at radius 2 is 0.392 bits per heavy atom. The van der Waals surface area contributed by atoms with E-state index in [1.165, 1.54) is 287 Å². The average molecular weight is 721 g/mol. The van der Waals surface area contributed by atoms with Gasteiger partial charge in [-0.1, -0.05) is 251 Å². The van der Waals surface area contributed by atoms with Crippen molar-refractivity contribution in [3.8, 4) is 0 Å². The lowest BCUT2D eigenvalue weighted by Gasteiger charge is -2.30. The van der Waals surface area contributed by atoms with E-state index < -0.39 is 0 Å². The second-order valence-electron chi connectivity index (χ2n) is 18.0. The van der Waals surface area contributed by atoms with Gasteiger partial charge in [-0.25, -0.2) is 0 Å². The van der Waals surface area contributed by atoms with E-state index in [0.29, 0.717) is 6.61 Å². The van der Waals surface area contributed by atoms with Crippen molar-refractivity contribution in [3.63, 3.8) is 0 Å². The molecule has 0 heterocycles. The van der Waals surface area contributed by atoms with Crippen LogP contribution in [0, 0.1) is 0 Å². The van der Waals surface area contributed by atoms with Crippen LogP contribution in [0.3, 0.4) is 0 Å². The van der Waals surface area contributed by atoms with Crippen molar-refractivity contribution in [2.45, 2.75) is 283 Å². The van der Waals surface area contributed by atoms with Crippen LogP contribution >= 0.6 is 0 Å². The zero-order valence-electron chi connectivity index (χ0n) is 36.4. The molecule has 0 radical (unpaired) electrons. The molecule has 0 aromatic heterocycles. The van der Waals surface area contributed by atoms with E-state index >= 15 is 0 Å². The van der Waals surface area contributed by atoms with E-state index in [4.69, 9.17) is 5.11 Å². The monoisotopic (exact) mass is 721 g/mol. The molecule has 0 fully saturated rings. The van der Waals surface area contributed by atoms with Gasteiger partial charge in [-0.3, -0.25) is 0 Å². The van der Waals surface area contributed by atoms with Crippen LogP contribution in [0.4, 0.5) is 0 Å². The smallest absolute Gasteiger partial charge is 0.0782 e. The first-order chi connectivity index (χ1) is 25.1. The SMILES string of the molecule is CCCCCCCCCCCCCCCCCCCCCC[N+](C)(C)CCCCCCCCCCCCCCCCCCCCCCCCCO. The van der Waals surface area contributed by atoms with Crippen molar-refractivity contribution in [2.75, 3.05) is 33.8 Å². The number of aliphatic hydroxyl groups is 1. The van der Waals surface area contributed by atoms with Crippen LogP contribution in [0.1, 0.15) is 283 Å². The molecule has 0 aliphatic heterocycles. The molecule has 2 nitrogen and oxygen atoms in total. The summed E-state index contributed by atoms with van der Waals surface area (Å²) in [5, 5.41) is 8.82. The summed E-state index contributed by atoms with van der Waals surface area (Å²) in [6.07, 6.45) is 62.0. The third kappa shape index (κ3) is 46.0. The molecule has 0 amide bonds. The highest BCUT2D eigenvalue weighted by molar-refractivity contribution is 4.54. The molecule has 0 saturated carbocycles. The fourth-order valence-electron chi connectivity index (χ4n) is 8.27. The highest BCUT2D eigenvalue weighted by atomic mass is 16.2. The minimum atomic E-state index is 0.373. The van der Waals surface area contributed by atoms with Gasteiger partial charge in [0.2, 0.25) is 0 Å². The second-order valence-corrected chi connectivity index (χ2v) is 18.0. The minimum Gasteiger partial charge on any atom is -0.396 e. The zero-order valence-corrected chi connectivity index (χ0v) is 36.4. The van der Waals surface area contributed by atoms with E-state index in [9.17, 15) is 0 Å².